The van der Waals surface area contributed by atoms with Crippen LogP contribution in [0.3, 0.4) is 0 Å². The molecule has 5 rings (SSSR count). The number of hydrogen-bond acceptors (Lipinski definition) is 4. The van der Waals surface area contributed by atoms with Crippen molar-refractivity contribution in [1.82, 2.24) is 0 Å². The molecule has 0 aliphatic heterocycles. The number of fused-ring (bicyclic) bond motifs is 3. The summed E-state index contributed by atoms with van der Waals surface area (Å²) in [5.74, 6) is 0.539. The lowest BCUT2D eigenvalue weighted by molar-refractivity contribution is -0.267. The average molecular weight is 336 g/mol. The molecule has 24 heavy (non-hydrogen) atoms. The molecule has 5 aliphatic carbocycles. The van der Waals surface area contributed by atoms with Gasteiger partial charge in [-0.3, -0.25) is 0 Å². The molecular formula is C20H32O4. The van der Waals surface area contributed by atoms with Crippen molar-refractivity contribution in [1.29, 1.82) is 0 Å². The van der Waals surface area contributed by atoms with Gasteiger partial charge in [-0.25, -0.2) is 0 Å². The first kappa shape index (κ1) is 17.0. The molecule has 4 N–H and O–H groups in total. The molecule has 5 aliphatic rings. The normalized spacial score (nSPS) is 56.7. The molecule has 5 saturated carbocycles. The van der Waals surface area contributed by atoms with Crippen LogP contribution in [-0.4, -0.2) is 45.8 Å². The van der Waals surface area contributed by atoms with Gasteiger partial charge >= 0.3 is 0 Å². The second kappa shape index (κ2) is 5.29. The fourth-order valence-electron chi connectivity index (χ4n) is 7.54. The fourth-order valence-corrected chi connectivity index (χ4v) is 7.54. The maximum Gasteiger partial charge on any atom is 0.0834 e. The van der Waals surface area contributed by atoms with Gasteiger partial charge in [0.1, 0.15) is 0 Å². The third kappa shape index (κ3) is 1.78. The highest BCUT2D eigenvalue weighted by Gasteiger charge is 2.70. The highest BCUT2D eigenvalue weighted by atomic mass is 16.3. The molecule has 2 bridgehead atoms. The Balaban J connectivity index is 1.84. The van der Waals surface area contributed by atoms with E-state index in [2.05, 4.69) is 13.5 Å². The molecule has 0 heterocycles. The zero-order valence-corrected chi connectivity index (χ0v) is 14.7. The zero-order chi connectivity index (χ0) is 17.3. The molecule has 2 unspecified atom stereocenters. The van der Waals surface area contributed by atoms with E-state index in [1.165, 1.54) is 0 Å². The first-order chi connectivity index (χ1) is 11.4. The molecule has 5 fully saturated rings. The van der Waals surface area contributed by atoms with Gasteiger partial charge in [-0.05, 0) is 67.3 Å². The highest BCUT2D eigenvalue weighted by molar-refractivity contribution is 5.28. The molecule has 0 saturated heterocycles. The minimum atomic E-state index is -0.656. The summed E-state index contributed by atoms with van der Waals surface area (Å²) < 4.78 is 0. The minimum absolute atomic E-state index is 0.0955. The van der Waals surface area contributed by atoms with E-state index in [9.17, 15) is 20.4 Å². The Kier molecular flexibility index (Phi) is 3.75. The lowest BCUT2D eigenvalue weighted by Gasteiger charge is -2.70. The SMILES string of the molecule is C=C1[C@H]2CC[C@]3(C(C2)[C@]2(CO)CCC[C@@](C)(CO)C2C[C@H]3O)[C@H]1O. The Morgan fingerprint density at radius 3 is 2.46 bits per heavy atom. The first-order valence-corrected chi connectivity index (χ1v) is 9.62. The molecule has 4 nitrogen and oxygen atoms in total. The number of aliphatic hydroxyl groups is 4. The molecule has 0 aromatic carbocycles. The van der Waals surface area contributed by atoms with Crippen LogP contribution in [0.15, 0.2) is 12.2 Å². The summed E-state index contributed by atoms with van der Waals surface area (Å²) in [6, 6.07) is 0. The van der Waals surface area contributed by atoms with Gasteiger partial charge in [0.15, 0.2) is 0 Å². The standard InChI is InChI=1S/C20H32O4/c1-12-13-4-7-20(17(12)24)15(8-13)19(11-22)6-3-5-18(2,10-21)14(19)9-16(20)23/h13-17,21-24H,1,3-11H2,2H3/t13-,14?,15?,16+,17-,18-,19-,20+/m0/s1. The van der Waals surface area contributed by atoms with E-state index in [4.69, 9.17) is 0 Å². The largest absolute Gasteiger partial charge is 0.396 e. The van der Waals surface area contributed by atoms with Crippen LogP contribution in [0.1, 0.15) is 51.9 Å². The van der Waals surface area contributed by atoms with Crippen molar-refractivity contribution < 1.29 is 20.4 Å². The second-order valence-electron chi connectivity index (χ2n) is 9.47. The van der Waals surface area contributed by atoms with Crippen LogP contribution in [0.25, 0.3) is 0 Å². The van der Waals surface area contributed by atoms with Crippen LogP contribution in [0.2, 0.25) is 0 Å². The lowest BCUT2D eigenvalue weighted by atomic mass is 9.35. The maximum atomic E-state index is 11.2. The number of hydrogen-bond donors (Lipinski definition) is 4. The van der Waals surface area contributed by atoms with E-state index >= 15 is 0 Å². The molecule has 0 amide bonds. The van der Waals surface area contributed by atoms with Crippen LogP contribution in [0.5, 0.6) is 0 Å². The summed E-state index contributed by atoms with van der Waals surface area (Å²) in [4.78, 5) is 0. The molecule has 4 heteroatoms. The molecular weight excluding hydrogens is 304 g/mol. The van der Waals surface area contributed by atoms with Crippen LogP contribution in [-0.2, 0) is 0 Å². The molecule has 0 radical (unpaired) electrons. The molecule has 8 atom stereocenters. The van der Waals surface area contributed by atoms with Crippen molar-refractivity contribution in [3.63, 3.8) is 0 Å². The summed E-state index contributed by atoms with van der Waals surface area (Å²) in [7, 11) is 0. The summed E-state index contributed by atoms with van der Waals surface area (Å²) in [6.07, 6.45) is 4.96. The second-order valence-corrected chi connectivity index (χ2v) is 9.47. The zero-order valence-electron chi connectivity index (χ0n) is 14.7. The van der Waals surface area contributed by atoms with E-state index in [1.54, 1.807) is 0 Å². The van der Waals surface area contributed by atoms with Gasteiger partial charge < -0.3 is 20.4 Å². The Morgan fingerprint density at radius 1 is 1.04 bits per heavy atom. The molecule has 1 spiro atoms. The predicted molar refractivity (Wildman–Crippen MR) is 91.1 cm³/mol. The Labute approximate surface area is 144 Å². The van der Waals surface area contributed by atoms with Crippen molar-refractivity contribution in [2.45, 2.75) is 64.1 Å². The summed E-state index contributed by atoms with van der Waals surface area (Å²) in [5.41, 5.74) is -0.181. The van der Waals surface area contributed by atoms with Gasteiger partial charge in [-0.1, -0.05) is 19.9 Å². The average Bonchev–Trinajstić information content (AvgIpc) is 2.60. The van der Waals surface area contributed by atoms with Crippen LogP contribution < -0.4 is 0 Å². The van der Waals surface area contributed by atoms with Crippen molar-refractivity contribution in [2.75, 3.05) is 13.2 Å². The topological polar surface area (TPSA) is 80.9 Å². The Bertz CT molecular complexity index is 548. The monoisotopic (exact) mass is 336 g/mol. The van der Waals surface area contributed by atoms with Crippen LogP contribution in [0.4, 0.5) is 0 Å². The van der Waals surface area contributed by atoms with Gasteiger partial charge in [0.2, 0.25) is 0 Å². The predicted octanol–water partition coefficient (Wildman–Crippen LogP) is 1.86. The van der Waals surface area contributed by atoms with E-state index in [1.807, 2.05) is 0 Å². The van der Waals surface area contributed by atoms with Gasteiger partial charge in [0.05, 0.1) is 12.2 Å². The van der Waals surface area contributed by atoms with Crippen LogP contribution >= 0.6 is 0 Å². The summed E-state index contributed by atoms with van der Waals surface area (Å²) >= 11 is 0. The third-order valence-corrected chi connectivity index (χ3v) is 8.83. The van der Waals surface area contributed by atoms with Gasteiger partial charge in [0.25, 0.3) is 0 Å². The summed E-state index contributed by atoms with van der Waals surface area (Å²) in [6.45, 7) is 6.44. The molecule has 0 aromatic heterocycles. The van der Waals surface area contributed by atoms with Gasteiger partial charge in [0, 0.05) is 24.0 Å². The van der Waals surface area contributed by atoms with Crippen molar-refractivity contribution in [3.05, 3.63) is 12.2 Å². The number of rotatable bonds is 2. The van der Waals surface area contributed by atoms with Crippen LogP contribution in [0, 0.1) is 34.0 Å². The third-order valence-electron chi connectivity index (χ3n) is 8.83. The molecule has 0 aromatic rings. The highest BCUT2D eigenvalue weighted by Crippen LogP contribution is 2.71. The Hall–Kier alpha value is -0.420. The first-order valence-electron chi connectivity index (χ1n) is 9.62. The number of aliphatic hydroxyl groups excluding tert-OH is 4. The summed E-state index contributed by atoms with van der Waals surface area (Å²) in [5, 5.41) is 42.8. The fraction of sp³-hybridized carbons (Fsp3) is 0.900. The van der Waals surface area contributed by atoms with Crippen molar-refractivity contribution in [3.8, 4) is 0 Å². The van der Waals surface area contributed by atoms with E-state index in [0.717, 1.165) is 44.1 Å². The van der Waals surface area contributed by atoms with E-state index < -0.39 is 17.6 Å². The van der Waals surface area contributed by atoms with E-state index in [-0.39, 0.29) is 35.9 Å². The van der Waals surface area contributed by atoms with Crippen molar-refractivity contribution in [2.24, 2.45) is 34.0 Å². The quantitative estimate of drug-likeness (QED) is 0.580. The minimum Gasteiger partial charge on any atom is -0.396 e. The van der Waals surface area contributed by atoms with Crippen molar-refractivity contribution >= 4 is 0 Å². The Morgan fingerprint density at radius 2 is 1.79 bits per heavy atom. The smallest absolute Gasteiger partial charge is 0.0834 e. The maximum absolute atomic E-state index is 11.2. The van der Waals surface area contributed by atoms with Gasteiger partial charge in [-0.2, -0.15) is 0 Å². The van der Waals surface area contributed by atoms with E-state index in [0.29, 0.717) is 12.3 Å². The molecule has 136 valence electrons. The van der Waals surface area contributed by atoms with Gasteiger partial charge in [-0.15, -0.1) is 0 Å². The lowest BCUT2D eigenvalue weighted by Crippen LogP contribution is -2.71.